The van der Waals surface area contributed by atoms with Crippen LogP contribution in [0.15, 0.2) is 53.9 Å². The van der Waals surface area contributed by atoms with Crippen molar-refractivity contribution in [3.8, 4) is 0 Å². The maximum Gasteiger partial charge on any atom is 0.416 e. The number of hydrogen-bond acceptors (Lipinski definition) is 5. The Morgan fingerprint density at radius 1 is 1.05 bits per heavy atom. The maximum atomic E-state index is 13.4. The Hall–Kier alpha value is -3.22. The minimum atomic E-state index is -4.73. The predicted molar refractivity (Wildman–Crippen MR) is 156 cm³/mol. The Balaban J connectivity index is 1.28. The van der Waals surface area contributed by atoms with Crippen molar-refractivity contribution in [2.24, 2.45) is 0 Å². The smallest absolute Gasteiger partial charge is 0.353 e. The fourth-order valence-electron chi connectivity index (χ4n) is 6.24. The van der Waals surface area contributed by atoms with Gasteiger partial charge in [-0.1, -0.05) is 37.3 Å². The number of nitrogens with zero attached hydrogens (tertiary/aromatic N) is 2. The van der Waals surface area contributed by atoms with Crippen LogP contribution < -0.4 is 10.6 Å². The third-order valence-electron chi connectivity index (χ3n) is 8.49. The number of amides is 2. The fourth-order valence-corrected chi connectivity index (χ4v) is 7.87. The molecule has 2 aromatic carbocycles. The highest BCUT2D eigenvalue weighted by atomic mass is 32.2. The van der Waals surface area contributed by atoms with Crippen LogP contribution in [0.4, 0.5) is 13.2 Å². The highest BCUT2D eigenvalue weighted by Gasteiger charge is 2.41. The number of carbonyl (C=O) groups excluding carboxylic acids is 2. The lowest BCUT2D eigenvalue weighted by Gasteiger charge is -2.34. The van der Waals surface area contributed by atoms with Crippen LogP contribution in [-0.2, 0) is 32.2 Å². The second-order valence-corrected chi connectivity index (χ2v) is 13.4. The Labute approximate surface area is 250 Å². The zero-order valence-electron chi connectivity index (χ0n) is 24.0. The van der Waals surface area contributed by atoms with Gasteiger partial charge < -0.3 is 10.6 Å². The summed E-state index contributed by atoms with van der Waals surface area (Å²) in [6, 6.07) is 7.87. The molecule has 0 aromatic heterocycles. The third kappa shape index (κ3) is 7.13. The van der Waals surface area contributed by atoms with Crippen LogP contribution in [0.1, 0.15) is 66.8 Å². The van der Waals surface area contributed by atoms with Crippen LogP contribution in [0.3, 0.4) is 0 Å². The first kappa shape index (κ1) is 31.2. The number of alkyl halides is 3. The standard InChI is InChI=1S/C31H37F3N4O4S/c1-21(20-37-14-3-2-4-15-37)22-11-12-26-23(17-22)7-5-10-27(26)36-29(39)19-28-30(40)35-13-16-38(28)43(41,42)25-9-6-8-24(18-25)31(32,33)34/h6,8-9,11-12,17-18,27-28H,1-5,7,10,13-16,19-20H2,(H,35,40)(H,36,39). The lowest BCUT2D eigenvalue weighted by atomic mass is 9.85. The molecule has 2 N–H and O–H groups in total. The van der Waals surface area contributed by atoms with Crippen LogP contribution in [0, 0.1) is 0 Å². The summed E-state index contributed by atoms with van der Waals surface area (Å²) in [7, 11) is -4.50. The molecule has 0 radical (unpaired) electrons. The zero-order chi connectivity index (χ0) is 30.8. The Kier molecular flexibility index (Phi) is 9.29. The van der Waals surface area contributed by atoms with Gasteiger partial charge in [0.25, 0.3) is 0 Å². The lowest BCUT2D eigenvalue weighted by Crippen LogP contribution is -2.58. The quantitative estimate of drug-likeness (QED) is 0.461. The van der Waals surface area contributed by atoms with Gasteiger partial charge in [0.05, 0.1) is 22.9 Å². The number of piperazine rings is 1. The molecule has 0 spiro atoms. The number of likely N-dealkylation sites (tertiary alicyclic amines) is 1. The van der Waals surface area contributed by atoms with E-state index in [1.165, 1.54) is 19.3 Å². The Morgan fingerprint density at radius 2 is 1.81 bits per heavy atom. The normalized spacial score (nSPS) is 22.0. The molecule has 2 atom stereocenters. The van der Waals surface area contributed by atoms with Gasteiger partial charge in [-0.25, -0.2) is 8.42 Å². The number of carbonyl (C=O) groups is 2. The molecule has 2 fully saturated rings. The van der Waals surface area contributed by atoms with E-state index in [-0.39, 0.29) is 19.1 Å². The van der Waals surface area contributed by atoms with Gasteiger partial charge in [-0.3, -0.25) is 14.5 Å². The fraction of sp³-hybridized carbons (Fsp3) is 0.484. The summed E-state index contributed by atoms with van der Waals surface area (Å²) in [6.07, 6.45) is 0.884. The van der Waals surface area contributed by atoms with Crippen molar-refractivity contribution in [1.29, 1.82) is 0 Å². The van der Waals surface area contributed by atoms with Crippen LogP contribution >= 0.6 is 0 Å². The first-order valence-corrected chi connectivity index (χ1v) is 16.2. The van der Waals surface area contributed by atoms with Gasteiger partial charge in [-0.15, -0.1) is 0 Å². The molecule has 0 saturated carbocycles. The number of benzene rings is 2. The van der Waals surface area contributed by atoms with Gasteiger partial charge in [-0.05, 0) is 85.7 Å². The molecule has 5 rings (SSSR count). The van der Waals surface area contributed by atoms with Crippen molar-refractivity contribution < 1.29 is 31.2 Å². The highest BCUT2D eigenvalue weighted by Crippen LogP contribution is 2.34. The number of fused-ring (bicyclic) bond motifs is 1. The van der Waals surface area contributed by atoms with E-state index in [1.807, 2.05) is 12.1 Å². The van der Waals surface area contributed by atoms with E-state index >= 15 is 0 Å². The van der Waals surface area contributed by atoms with Crippen molar-refractivity contribution >= 4 is 27.4 Å². The maximum absolute atomic E-state index is 13.4. The topological polar surface area (TPSA) is 98.8 Å². The second-order valence-electron chi connectivity index (χ2n) is 11.5. The van der Waals surface area contributed by atoms with E-state index in [4.69, 9.17) is 0 Å². The number of rotatable bonds is 8. The number of sulfonamides is 1. The zero-order valence-corrected chi connectivity index (χ0v) is 24.8. The van der Waals surface area contributed by atoms with Gasteiger partial charge >= 0.3 is 6.18 Å². The highest BCUT2D eigenvalue weighted by molar-refractivity contribution is 7.89. The molecule has 0 bridgehead atoms. The van der Waals surface area contributed by atoms with Crippen LogP contribution in [0.5, 0.6) is 0 Å². The van der Waals surface area contributed by atoms with E-state index in [0.29, 0.717) is 12.5 Å². The molecule has 2 unspecified atom stereocenters. The summed E-state index contributed by atoms with van der Waals surface area (Å²) in [6.45, 7) is 7.11. The Bertz CT molecular complexity index is 1490. The summed E-state index contributed by atoms with van der Waals surface area (Å²) in [5.41, 5.74) is 3.12. The van der Waals surface area contributed by atoms with Gasteiger partial charge in [0.2, 0.25) is 21.8 Å². The first-order valence-electron chi connectivity index (χ1n) is 14.7. The molecule has 1 aliphatic carbocycles. The SMILES string of the molecule is C=C(CN1CCCCC1)c1ccc2c(c1)CCCC2NC(=O)CC1C(=O)NCCN1S(=O)(=O)c1cccc(C(F)(F)F)c1. The molecule has 2 saturated heterocycles. The van der Waals surface area contributed by atoms with Crippen molar-refractivity contribution in [3.05, 3.63) is 71.3 Å². The van der Waals surface area contributed by atoms with Crippen LogP contribution in [-0.4, -0.2) is 68.2 Å². The Morgan fingerprint density at radius 3 is 2.56 bits per heavy atom. The van der Waals surface area contributed by atoms with Crippen molar-refractivity contribution in [3.63, 3.8) is 0 Å². The van der Waals surface area contributed by atoms with Crippen LogP contribution in [0.25, 0.3) is 5.57 Å². The van der Waals surface area contributed by atoms with Crippen molar-refractivity contribution in [1.82, 2.24) is 19.8 Å². The monoisotopic (exact) mass is 618 g/mol. The second kappa shape index (κ2) is 12.8. The first-order chi connectivity index (χ1) is 20.4. The summed E-state index contributed by atoms with van der Waals surface area (Å²) in [5.74, 6) is -1.18. The molecule has 3 aliphatic rings. The summed E-state index contributed by atoms with van der Waals surface area (Å²) >= 11 is 0. The molecule has 8 nitrogen and oxygen atoms in total. The summed E-state index contributed by atoms with van der Waals surface area (Å²) in [5, 5.41) is 5.55. The molecular formula is C31H37F3N4O4S. The van der Waals surface area contributed by atoms with E-state index in [0.717, 1.165) is 77.2 Å². The molecule has 232 valence electrons. The third-order valence-corrected chi connectivity index (χ3v) is 10.4. The molecule has 2 aliphatic heterocycles. The van der Waals surface area contributed by atoms with Crippen molar-refractivity contribution in [2.45, 2.75) is 68.1 Å². The van der Waals surface area contributed by atoms with Gasteiger partial charge in [0.1, 0.15) is 6.04 Å². The van der Waals surface area contributed by atoms with E-state index in [1.54, 1.807) is 0 Å². The minimum absolute atomic E-state index is 0.0173. The summed E-state index contributed by atoms with van der Waals surface area (Å²) < 4.78 is 67.4. The van der Waals surface area contributed by atoms with Crippen LogP contribution in [0.2, 0.25) is 0 Å². The van der Waals surface area contributed by atoms with Gasteiger partial charge in [-0.2, -0.15) is 17.5 Å². The number of halogens is 3. The lowest BCUT2D eigenvalue weighted by molar-refractivity contribution is -0.137. The molecule has 2 heterocycles. The minimum Gasteiger partial charge on any atom is -0.353 e. The van der Waals surface area contributed by atoms with E-state index in [2.05, 4.69) is 28.2 Å². The molecule has 2 amide bonds. The molecule has 2 aromatic rings. The van der Waals surface area contributed by atoms with Gasteiger partial charge in [0, 0.05) is 19.6 Å². The molecule has 12 heteroatoms. The largest absolute Gasteiger partial charge is 0.416 e. The average molecular weight is 619 g/mol. The molecular weight excluding hydrogens is 581 g/mol. The predicted octanol–water partition coefficient (Wildman–Crippen LogP) is 4.28. The number of aryl methyl sites for hydroxylation is 1. The average Bonchev–Trinajstić information content (AvgIpc) is 2.98. The summed E-state index contributed by atoms with van der Waals surface area (Å²) in [4.78, 5) is 27.9. The number of hydrogen-bond donors (Lipinski definition) is 2. The van der Waals surface area contributed by atoms with Crippen molar-refractivity contribution in [2.75, 3.05) is 32.7 Å². The van der Waals surface area contributed by atoms with E-state index in [9.17, 15) is 31.2 Å². The van der Waals surface area contributed by atoms with Gasteiger partial charge in [0.15, 0.2) is 0 Å². The molecule has 43 heavy (non-hydrogen) atoms. The number of piperidine rings is 1. The number of nitrogens with one attached hydrogen (secondary N) is 2. The van der Waals surface area contributed by atoms with E-state index < -0.39 is 50.9 Å².